The van der Waals surface area contributed by atoms with Crippen molar-refractivity contribution in [3.8, 4) is 0 Å². The predicted octanol–water partition coefficient (Wildman–Crippen LogP) is 1.54. The van der Waals surface area contributed by atoms with Gasteiger partial charge in [-0.1, -0.05) is 0 Å². The summed E-state index contributed by atoms with van der Waals surface area (Å²) >= 11 is 5.10. The molecule has 1 rings (SSSR count). The minimum Gasteiger partial charge on any atom is -0.312 e. The Morgan fingerprint density at radius 2 is 2.12 bits per heavy atom. The Morgan fingerprint density at radius 3 is 2.69 bits per heavy atom. The second-order valence-corrected chi connectivity index (χ2v) is 7.78. The quantitative estimate of drug-likeness (QED) is 0.747. The van der Waals surface area contributed by atoms with Crippen LogP contribution in [0.3, 0.4) is 0 Å². The van der Waals surface area contributed by atoms with Crippen molar-refractivity contribution in [2.45, 2.75) is 13.0 Å². The first-order chi connectivity index (χ1) is 7.47. The molecule has 0 spiro atoms. The summed E-state index contributed by atoms with van der Waals surface area (Å²) in [5, 5.41) is 3.26. The summed E-state index contributed by atoms with van der Waals surface area (Å²) in [5.74, 6) is 0. The average molecular weight is 327 g/mol. The van der Waals surface area contributed by atoms with E-state index in [0.29, 0.717) is 6.54 Å². The molecular formula is C9H15BrN2O2S2. The van der Waals surface area contributed by atoms with E-state index < -0.39 is 10.0 Å². The van der Waals surface area contributed by atoms with Crippen molar-refractivity contribution >= 4 is 37.3 Å². The minimum atomic E-state index is -3.04. The lowest BCUT2D eigenvalue weighted by molar-refractivity contribution is 0.579. The molecule has 0 aromatic carbocycles. The van der Waals surface area contributed by atoms with Crippen molar-refractivity contribution in [3.63, 3.8) is 0 Å². The van der Waals surface area contributed by atoms with E-state index in [4.69, 9.17) is 0 Å². The van der Waals surface area contributed by atoms with E-state index in [-0.39, 0.29) is 0 Å². The molecule has 0 aliphatic heterocycles. The Balaban J connectivity index is 2.04. The van der Waals surface area contributed by atoms with Gasteiger partial charge in [0.05, 0.1) is 10.0 Å². The fraction of sp³-hybridized carbons (Fsp3) is 0.556. The lowest BCUT2D eigenvalue weighted by Gasteiger charge is -2.03. The average Bonchev–Trinajstić information content (AvgIpc) is 2.56. The van der Waals surface area contributed by atoms with Crippen molar-refractivity contribution in [3.05, 3.63) is 20.8 Å². The van der Waals surface area contributed by atoms with Gasteiger partial charge in [-0.25, -0.2) is 13.1 Å². The Hall–Kier alpha value is 0.0500. The molecule has 0 radical (unpaired) electrons. The number of rotatable bonds is 7. The summed E-state index contributed by atoms with van der Waals surface area (Å²) in [6.07, 6.45) is 1.96. The van der Waals surface area contributed by atoms with Crippen molar-refractivity contribution in [1.29, 1.82) is 0 Å². The SMILES string of the molecule is CS(=O)(=O)NCCCNCc1ccc(Br)s1. The van der Waals surface area contributed by atoms with Crippen LogP contribution in [-0.2, 0) is 16.6 Å². The summed E-state index contributed by atoms with van der Waals surface area (Å²) in [6.45, 7) is 2.12. The summed E-state index contributed by atoms with van der Waals surface area (Å²) in [7, 11) is -3.04. The minimum absolute atomic E-state index is 0.486. The standard InChI is InChI=1S/C9H15BrN2O2S2/c1-16(13,14)12-6-2-5-11-7-8-3-4-9(10)15-8/h3-4,11-12H,2,5-7H2,1H3. The van der Waals surface area contributed by atoms with E-state index in [1.54, 1.807) is 11.3 Å². The van der Waals surface area contributed by atoms with Gasteiger partial charge in [-0.05, 0) is 41.0 Å². The summed E-state index contributed by atoms with van der Waals surface area (Å²) < 4.78 is 25.1. The van der Waals surface area contributed by atoms with Gasteiger partial charge in [0.15, 0.2) is 0 Å². The first kappa shape index (κ1) is 14.1. The van der Waals surface area contributed by atoms with E-state index in [0.717, 1.165) is 23.3 Å². The van der Waals surface area contributed by atoms with Crippen LogP contribution in [0.5, 0.6) is 0 Å². The zero-order chi connectivity index (χ0) is 12.0. The van der Waals surface area contributed by atoms with Gasteiger partial charge < -0.3 is 5.32 Å². The largest absolute Gasteiger partial charge is 0.312 e. The van der Waals surface area contributed by atoms with Crippen LogP contribution in [0.25, 0.3) is 0 Å². The molecule has 0 aliphatic carbocycles. The molecule has 2 N–H and O–H groups in total. The van der Waals surface area contributed by atoms with Gasteiger partial charge in [-0.3, -0.25) is 0 Å². The van der Waals surface area contributed by atoms with Crippen molar-refractivity contribution < 1.29 is 8.42 Å². The molecule has 0 aliphatic rings. The van der Waals surface area contributed by atoms with Gasteiger partial charge in [0.25, 0.3) is 0 Å². The lowest BCUT2D eigenvalue weighted by atomic mass is 10.4. The van der Waals surface area contributed by atoms with Crippen LogP contribution in [0.15, 0.2) is 15.9 Å². The number of halogens is 1. The Kier molecular flexibility index (Phi) is 5.91. The first-order valence-electron chi connectivity index (χ1n) is 4.87. The molecule has 0 saturated heterocycles. The van der Waals surface area contributed by atoms with Gasteiger partial charge >= 0.3 is 0 Å². The molecule has 4 nitrogen and oxygen atoms in total. The number of thiophene rings is 1. The van der Waals surface area contributed by atoms with E-state index in [1.807, 2.05) is 6.07 Å². The van der Waals surface area contributed by atoms with Gasteiger partial charge in [0, 0.05) is 18.0 Å². The molecule has 0 amide bonds. The maximum Gasteiger partial charge on any atom is 0.208 e. The molecule has 0 bridgehead atoms. The molecule has 1 aromatic rings. The lowest BCUT2D eigenvalue weighted by Crippen LogP contribution is -2.26. The molecule has 7 heteroatoms. The molecule has 1 heterocycles. The molecule has 0 fully saturated rings. The molecule has 0 saturated carbocycles. The fourth-order valence-electron chi connectivity index (χ4n) is 1.13. The van der Waals surface area contributed by atoms with Gasteiger partial charge in [0.1, 0.15) is 0 Å². The van der Waals surface area contributed by atoms with Gasteiger partial charge in [-0.15, -0.1) is 11.3 Å². The molecule has 0 atom stereocenters. The molecule has 1 aromatic heterocycles. The number of hydrogen-bond donors (Lipinski definition) is 2. The normalized spacial score (nSPS) is 11.9. The fourth-order valence-corrected chi connectivity index (χ4v) is 3.10. The first-order valence-corrected chi connectivity index (χ1v) is 8.37. The van der Waals surface area contributed by atoms with E-state index >= 15 is 0 Å². The topological polar surface area (TPSA) is 58.2 Å². The number of hydrogen-bond acceptors (Lipinski definition) is 4. The highest BCUT2D eigenvalue weighted by molar-refractivity contribution is 9.11. The third-order valence-corrected chi connectivity index (χ3v) is 4.17. The predicted molar refractivity (Wildman–Crippen MR) is 71.2 cm³/mol. The Morgan fingerprint density at radius 1 is 1.38 bits per heavy atom. The van der Waals surface area contributed by atoms with Crippen LogP contribution < -0.4 is 10.0 Å². The summed E-state index contributed by atoms with van der Waals surface area (Å²) in [6, 6.07) is 4.09. The van der Waals surface area contributed by atoms with Crippen LogP contribution in [0.2, 0.25) is 0 Å². The Bertz CT molecular complexity index is 417. The van der Waals surface area contributed by atoms with Crippen LogP contribution in [-0.4, -0.2) is 27.8 Å². The smallest absolute Gasteiger partial charge is 0.208 e. The van der Waals surface area contributed by atoms with Crippen molar-refractivity contribution in [2.75, 3.05) is 19.3 Å². The number of nitrogens with one attached hydrogen (secondary N) is 2. The summed E-state index contributed by atoms with van der Waals surface area (Å²) in [5.41, 5.74) is 0. The third kappa shape index (κ3) is 6.59. The van der Waals surface area contributed by atoms with E-state index in [2.05, 4.69) is 32.0 Å². The van der Waals surface area contributed by atoms with Crippen LogP contribution >= 0.6 is 27.3 Å². The maximum absolute atomic E-state index is 10.8. The summed E-state index contributed by atoms with van der Waals surface area (Å²) in [4.78, 5) is 1.27. The van der Waals surface area contributed by atoms with Gasteiger partial charge in [-0.2, -0.15) is 0 Å². The second kappa shape index (κ2) is 6.70. The number of sulfonamides is 1. The molecule has 0 unspecified atom stereocenters. The van der Waals surface area contributed by atoms with Crippen molar-refractivity contribution in [2.24, 2.45) is 0 Å². The zero-order valence-corrected chi connectivity index (χ0v) is 12.2. The van der Waals surface area contributed by atoms with E-state index in [1.165, 1.54) is 11.1 Å². The molecular weight excluding hydrogens is 312 g/mol. The zero-order valence-electron chi connectivity index (χ0n) is 8.99. The van der Waals surface area contributed by atoms with Crippen LogP contribution in [0.4, 0.5) is 0 Å². The van der Waals surface area contributed by atoms with Crippen molar-refractivity contribution in [1.82, 2.24) is 10.0 Å². The highest BCUT2D eigenvalue weighted by Gasteiger charge is 1.99. The third-order valence-electron chi connectivity index (χ3n) is 1.82. The van der Waals surface area contributed by atoms with Gasteiger partial charge in [0.2, 0.25) is 10.0 Å². The second-order valence-electron chi connectivity index (χ2n) is 3.40. The molecule has 16 heavy (non-hydrogen) atoms. The molecule has 92 valence electrons. The van der Waals surface area contributed by atoms with Crippen LogP contribution in [0, 0.1) is 0 Å². The maximum atomic E-state index is 10.8. The van der Waals surface area contributed by atoms with E-state index in [9.17, 15) is 8.42 Å². The highest BCUT2D eigenvalue weighted by Crippen LogP contribution is 2.21. The Labute approximate surface area is 109 Å². The monoisotopic (exact) mass is 326 g/mol. The highest BCUT2D eigenvalue weighted by atomic mass is 79.9. The van der Waals surface area contributed by atoms with Crippen LogP contribution in [0.1, 0.15) is 11.3 Å².